The number of hydrogen-bond acceptors (Lipinski definition) is 7. The zero-order valence-electron chi connectivity index (χ0n) is 29.2. The van der Waals surface area contributed by atoms with Gasteiger partial charge >= 0.3 is 6.18 Å². The zero-order valence-corrected chi connectivity index (χ0v) is 30.0. The zero-order chi connectivity index (χ0) is 36.9. The van der Waals surface area contributed by atoms with Crippen LogP contribution in [0.5, 0.6) is 0 Å². The van der Waals surface area contributed by atoms with E-state index in [0.717, 1.165) is 49.3 Å². The largest absolute Gasteiger partial charge is 0.416 e. The molecule has 0 spiro atoms. The fourth-order valence-corrected chi connectivity index (χ4v) is 6.90. The van der Waals surface area contributed by atoms with E-state index in [2.05, 4.69) is 20.9 Å². The van der Waals surface area contributed by atoms with Gasteiger partial charge in [0, 0.05) is 80.1 Å². The number of allylic oxidation sites excluding steroid dienone is 1. The minimum atomic E-state index is -4.47. The number of thioether (sulfide) groups is 1. The summed E-state index contributed by atoms with van der Waals surface area (Å²) >= 11 is 1.61. The summed E-state index contributed by atoms with van der Waals surface area (Å²) in [6, 6.07) is 18.1. The average Bonchev–Trinajstić information content (AvgIpc) is 3.16. The third-order valence-corrected chi connectivity index (χ3v) is 9.81. The molecule has 3 aromatic rings. The molecule has 3 aromatic carbocycles. The standard InChI is InChI=1S/C39H44F3N5O4S/c1-51-19-16-44-36(48)14-20-52-26-28-8-5-9-29(21-28)38(50)46-34-12-11-32(47-17-3-2-4-18-47)24-33(34)35-23-30(13-15-43-35)37(49)45-25-27-7-6-10-31(22-27)39(40,41)42/h5-12,21-24H,2-4,13-20,25-26H2,1H3,(H,44,48)(H,45,49)(H,46,50). The van der Waals surface area contributed by atoms with Gasteiger partial charge in [-0.15, -0.1) is 0 Å². The van der Waals surface area contributed by atoms with Crippen LogP contribution in [-0.4, -0.2) is 69.1 Å². The van der Waals surface area contributed by atoms with Crippen LogP contribution >= 0.6 is 11.8 Å². The van der Waals surface area contributed by atoms with Crippen LogP contribution in [0.15, 0.2) is 83.4 Å². The molecule has 0 aromatic heterocycles. The molecule has 2 aliphatic heterocycles. The molecule has 2 heterocycles. The lowest BCUT2D eigenvalue weighted by atomic mass is 9.98. The lowest BCUT2D eigenvalue weighted by molar-refractivity contribution is -0.137. The van der Waals surface area contributed by atoms with Gasteiger partial charge in [0.15, 0.2) is 0 Å². The molecule has 13 heteroatoms. The number of piperidine rings is 1. The van der Waals surface area contributed by atoms with Crippen molar-refractivity contribution in [3.05, 3.63) is 106 Å². The van der Waals surface area contributed by atoms with Crippen LogP contribution in [0.4, 0.5) is 24.5 Å². The highest BCUT2D eigenvalue weighted by molar-refractivity contribution is 7.98. The van der Waals surface area contributed by atoms with Gasteiger partial charge in [-0.25, -0.2) is 0 Å². The van der Waals surface area contributed by atoms with Gasteiger partial charge in [0.25, 0.3) is 5.91 Å². The summed E-state index contributed by atoms with van der Waals surface area (Å²) in [5, 5.41) is 8.63. The first kappa shape index (κ1) is 38.6. The number of methoxy groups -OCH3 is 1. The molecule has 0 unspecified atom stereocenters. The quantitative estimate of drug-likeness (QED) is 0.149. The second-order valence-electron chi connectivity index (χ2n) is 12.6. The van der Waals surface area contributed by atoms with Gasteiger partial charge in [-0.3, -0.25) is 19.4 Å². The fraction of sp³-hybridized carbons (Fsp3) is 0.385. The van der Waals surface area contributed by atoms with Crippen molar-refractivity contribution < 1.29 is 32.3 Å². The molecular weight excluding hydrogens is 692 g/mol. The Morgan fingerprint density at radius 2 is 1.71 bits per heavy atom. The molecule has 0 atom stereocenters. The van der Waals surface area contributed by atoms with Gasteiger partial charge < -0.3 is 25.6 Å². The second kappa shape index (κ2) is 18.7. The number of rotatable bonds is 15. The van der Waals surface area contributed by atoms with Crippen molar-refractivity contribution in [3.8, 4) is 0 Å². The smallest absolute Gasteiger partial charge is 0.383 e. The van der Waals surface area contributed by atoms with Crippen molar-refractivity contribution >= 4 is 46.6 Å². The first-order valence-corrected chi connectivity index (χ1v) is 18.6. The summed E-state index contributed by atoms with van der Waals surface area (Å²) in [4.78, 5) is 45.9. The van der Waals surface area contributed by atoms with E-state index in [1.54, 1.807) is 37.1 Å². The molecular formula is C39H44F3N5O4S. The summed E-state index contributed by atoms with van der Waals surface area (Å²) in [6.45, 7) is 3.07. The number of ether oxygens (including phenoxy) is 1. The van der Waals surface area contributed by atoms with Crippen LogP contribution in [0.2, 0.25) is 0 Å². The summed E-state index contributed by atoms with van der Waals surface area (Å²) in [6.07, 6.45) is 1.33. The average molecular weight is 736 g/mol. The Bertz CT molecular complexity index is 1790. The van der Waals surface area contributed by atoms with Crippen LogP contribution in [-0.2, 0) is 32.8 Å². The van der Waals surface area contributed by atoms with Crippen LogP contribution < -0.4 is 20.9 Å². The minimum absolute atomic E-state index is 0.0277. The second-order valence-corrected chi connectivity index (χ2v) is 13.7. The number of alkyl halides is 3. The molecule has 276 valence electrons. The van der Waals surface area contributed by atoms with E-state index in [4.69, 9.17) is 9.73 Å². The Hall–Kier alpha value is -4.62. The number of aliphatic imine (C=N–C) groups is 1. The van der Waals surface area contributed by atoms with Crippen molar-refractivity contribution in [2.75, 3.05) is 55.9 Å². The Morgan fingerprint density at radius 1 is 0.923 bits per heavy atom. The lowest BCUT2D eigenvalue weighted by Gasteiger charge is -2.29. The highest BCUT2D eigenvalue weighted by atomic mass is 32.2. The minimum Gasteiger partial charge on any atom is -0.383 e. The number of anilines is 2. The van der Waals surface area contributed by atoms with Crippen LogP contribution in [0.25, 0.3) is 0 Å². The molecule has 0 saturated carbocycles. The summed E-state index contributed by atoms with van der Waals surface area (Å²) in [5.41, 5.74) is 4.23. The highest BCUT2D eigenvalue weighted by Crippen LogP contribution is 2.31. The maximum Gasteiger partial charge on any atom is 0.416 e. The van der Waals surface area contributed by atoms with Crippen molar-refractivity contribution in [2.45, 2.75) is 50.6 Å². The number of hydrogen-bond donors (Lipinski definition) is 3. The van der Waals surface area contributed by atoms with Gasteiger partial charge in [-0.2, -0.15) is 24.9 Å². The SMILES string of the molecule is COCCNC(=O)CCSCc1cccc(C(=O)Nc2ccc(N3CCCCC3)cc2C2=NCCC(C(=O)NCc3cccc(C(F)(F)F)c3)=C2)c1. The maximum absolute atomic E-state index is 13.6. The normalized spacial score (nSPS) is 14.7. The van der Waals surface area contributed by atoms with E-state index in [1.807, 2.05) is 36.4 Å². The van der Waals surface area contributed by atoms with Gasteiger partial charge in [0.05, 0.1) is 23.6 Å². The van der Waals surface area contributed by atoms with Gasteiger partial charge in [0.2, 0.25) is 11.8 Å². The van der Waals surface area contributed by atoms with Gasteiger partial charge in [-0.05, 0) is 85.4 Å². The fourth-order valence-electron chi connectivity index (χ4n) is 6.01. The first-order valence-electron chi connectivity index (χ1n) is 17.4. The van der Waals surface area contributed by atoms with E-state index in [1.165, 1.54) is 12.5 Å². The molecule has 9 nitrogen and oxygen atoms in total. The number of halogens is 3. The summed E-state index contributed by atoms with van der Waals surface area (Å²) < 4.78 is 44.5. The van der Waals surface area contributed by atoms with E-state index in [9.17, 15) is 27.6 Å². The van der Waals surface area contributed by atoms with E-state index < -0.39 is 11.7 Å². The molecule has 0 bridgehead atoms. The number of nitrogens with one attached hydrogen (secondary N) is 3. The molecule has 2 aliphatic rings. The molecule has 52 heavy (non-hydrogen) atoms. The first-order chi connectivity index (χ1) is 25.1. The Labute approximate surface area is 306 Å². The molecule has 1 fully saturated rings. The maximum atomic E-state index is 13.6. The van der Waals surface area contributed by atoms with Crippen molar-refractivity contribution in [1.82, 2.24) is 10.6 Å². The highest BCUT2D eigenvalue weighted by Gasteiger charge is 2.30. The molecule has 3 amide bonds. The van der Waals surface area contributed by atoms with Gasteiger partial charge in [-0.1, -0.05) is 24.3 Å². The van der Waals surface area contributed by atoms with Crippen molar-refractivity contribution in [1.29, 1.82) is 0 Å². The Balaban J connectivity index is 1.29. The number of carbonyl (C=O) groups excluding carboxylic acids is 3. The van der Waals surface area contributed by atoms with E-state index in [0.29, 0.717) is 77.7 Å². The Kier molecular flexibility index (Phi) is 13.9. The third-order valence-electron chi connectivity index (χ3n) is 8.78. The predicted molar refractivity (Wildman–Crippen MR) is 200 cm³/mol. The van der Waals surface area contributed by atoms with Gasteiger partial charge in [0.1, 0.15) is 0 Å². The predicted octanol–water partition coefficient (Wildman–Crippen LogP) is 6.77. The van der Waals surface area contributed by atoms with E-state index in [-0.39, 0.29) is 24.3 Å². The molecule has 1 saturated heterocycles. The molecule has 0 radical (unpaired) electrons. The number of amides is 3. The number of benzene rings is 3. The van der Waals surface area contributed by atoms with Crippen molar-refractivity contribution in [3.63, 3.8) is 0 Å². The number of nitrogens with zero attached hydrogens (tertiary/aromatic N) is 2. The number of dihydropyridines is 1. The Morgan fingerprint density at radius 3 is 2.50 bits per heavy atom. The summed E-state index contributed by atoms with van der Waals surface area (Å²) in [5.74, 6) is 0.575. The molecule has 5 rings (SSSR count). The van der Waals surface area contributed by atoms with E-state index >= 15 is 0 Å². The summed E-state index contributed by atoms with van der Waals surface area (Å²) in [7, 11) is 1.59. The molecule has 0 aliphatic carbocycles. The molecule has 3 N–H and O–H groups in total. The van der Waals surface area contributed by atoms with Crippen molar-refractivity contribution in [2.24, 2.45) is 4.99 Å². The van der Waals surface area contributed by atoms with Crippen LogP contribution in [0.3, 0.4) is 0 Å². The lowest BCUT2D eigenvalue weighted by Crippen LogP contribution is -2.30. The number of carbonyl (C=O) groups is 3. The third kappa shape index (κ3) is 11.2. The monoisotopic (exact) mass is 735 g/mol. The van der Waals surface area contributed by atoms with Crippen LogP contribution in [0, 0.1) is 0 Å². The topological polar surface area (TPSA) is 112 Å². The van der Waals surface area contributed by atoms with Crippen LogP contribution in [0.1, 0.15) is 64.7 Å².